The van der Waals surface area contributed by atoms with E-state index in [-0.39, 0.29) is 11.9 Å². The Hall–Kier alpha value is -1.89. The summed E-state index contributed by atoms with van der Waals surface area (Å²) < 4.78 is 1.94. The Morgan fingerprint density at radius 3 is 2.65 bits per heavy atom. The minimum Gasteiger partial charge on any atom is -0.307 e. The molecule has 0 radical (unpaired) electrons. The number of carbonyl (C=O) groups excluding carboxylic acids is 1. The second-order valence-electron chi connectivity index (χ2n) is 5.42. The van der Waals surface area contributed by atoms with E-state index < -0.39 is 0 Å². The molecule has 6 nitrogen and oxygen atoms in total. The SMILES string of the molecule is CCN(C(=O)c1cnn(C(C)C(C)SC)c1C)c1ccnnc1. The Labute approximate surface area is 141 Å². The fourth-order valence-electron chi connectivity index (χ4n) is 2.47. The number of amides is 1. The molecule has 0 aliphatic heterocycles. The van der Waals surface area contributed by atoms with Gasteiger partial charge in [0, 0.05) is 17.5 Å². The van der Waals surface area contributed by atoms with Gasteiger partial charge in [-0.1, -0.05) is 6.92 Å². The maximum atomic E-state index is 12.9. The van der Waals surface area contributed by atoms with E-state index in [4.69, 9.17) is 0 Å². The third kappa shape index (κ3) is 3.55. The number of hydrogen-bond acceptors (Lipinski definition) is 5. The van der Waals surface area contributed by atoms with Crippen molar-refractivity contribution in [3.63, 3.8) is 0 Å². The number of nitrogens with zero attached hydrogens (tertiary/aromatic N) is 5. The van der Waals surface area contributed by atoms with Crippen molar-refractivity contribution in [3.8, 4) is 0 Å². The van der Waals surface area contributed by atoms with Gasteiger partial charge < -0.3 is 4.90 Å². The van der Waals surface area contributed by atoms with Crippen molar-refractivity contribution in [1.82, 2.24) is 20.0 Å². The van der Waals surface area contributed by atoms with Crippen LogP contribution in [0.1, 0.15) is 42.9 Å². The smallest absolute Gasteiger partial charge is 0.261 e. The Bertz CT molecular complexity index is 658. The van der Waals surface area contributed by atoms with E-state index in [2.05, 4.69) is 35.4 Å². The van der Waals surface area contributed by atoms with Crippen LogP contribution in [0.5, 0.6) is 0 Å². The van der Waals surface area contributed by atoms with E-state index in [1.807, 2.05) is 18.5 Å². The molecular weight excluding hydrogens is 310 g/mol. The predicted octanol–water partition coefficient (Wildman–Crippen LogP) is 2.96. The van der Waals surface area contributed by atoms with E-state index in [0.717, 1.165) is 11.4 Å². The quantitative estimate of drug-likeness (QED) is 0.813. The van der Waals surface area contributed by atoms with Gasteiger partial charge >= 0.3 is 0 Å². The third-order valence-corrected chi connectivity index (χ3v) is 5.29. The lowest BCUT2D eigenvalue weighted by molar-refractivity contribution is 0.0987. The number of aromatic nitrogens is 4. The van der Waals surface area contributed by atoms with E-state index in [1.54, 1.807) is 41.3 Å². The van der Waals surface area contributed by atoms with Crippen molar-refractivity contribution in [2.24, 2.45) is 0 Å². The zero-order valence-corrected chi connectivity index (χ0v) is 15.0. The predicted molar refractivity (Wildman–Crippen MR) is 94.0 cm³/mol. The molecule has 0 N–H and O–H groups in total. The monoisotopic (exact) mass is 333 g/mol. The molecule has 2 aromatic heterocycles. The second-order valence-corrected chi connectivity index (χ2v) is 6.63. The van der Waals surface area contributed by atoms with Crippen LogP contribution < -0.4 is 4.90 Å². The molecule has 0 spiro atoms. The Kier molecular flexibility index (Phi) is 5.76. The molecule has 2 rings (SSSR count). The maximum Gasteiger partial charge on any atom is 0.261 e. The van der Waals surface area contributed by atoms with Gasteiger partial charge in [0.1, 0.15) is 0 Å². The molecular formula is C16H23N5OS. The van der Waals surface area contributed by atoms with Gasteiger partial charge in [-0.2, -0.15) is 27.1 Å². The zero-order chi connectivity index (χ0) is 17.0. The highest BCUT2D eigenvalue weighted by atomic mass is 32.2. The fourth-order valence-corrected chi connectivity index (χ4v) is 2.98. The summed E-state index contributed by atoms with van der Waals surface area (Å²) in [6, 6.07) is 2.01. The van der Waals surface area contributed by atoms with Crippen molar-refractivity contribution in [2.75, 3.05) is 17.7 Å². The molecule has 0 aliphatic carbocycles. The van der Waals surface area contributed by atoms with Crippen LogP contribution in [0.2, 0.25) is 0 Å². The van der Waals surface area contributed by atoms with Crippen molar-refractivity contribution in [2.45, 2.75) is 39.0 Å². The molecule has 2 unspecified atom stereocenters. The summed E-state index contributed by atoms with van der Waals surface area (Å²) >= 11 is 1.79. The lowest BCUT2D eigenvalue weighted by Gasteiger charge is -2.22. The molecule has 0 saturated carbocycles. The minimum atomic E-state index is -0.0618. The Morgan fingerprint density at radius 1 is 1.35 bits per heavy atom. The zero-order valence-electron chi connectivity index (χ0n) is 14.2. The summed E-state index contributed by atoms with van der Waals surface area (Å²) in [5, 5.41) is 12.5. The molecule has 0 fully saturated rings. The van der Waals surface area contributed by atoms with E-state index in [0.29, 0.717) is 17.4 Å². The molecule has 23 heavy (non-hydrogen) atoms. The molecule has 0 aliphatic rings. The molecule has 124 valence electrons. The first-order valence-electron chi connectivity index (χ1n) is 7.66. The van der Waals surface area contributed by atoms with Gasteiger partial charge in [-0.15, -0.1) is 0 Å². The van der Waals surface area contributed by atoms with E-state index in [9.17, 15) is 4.79 Å². The first-order valence-corrected chi connectivity index (χ1v) is 8.95. The van der Waals surface area contributed by atoms with E-state index in [1.165, 1.54) is 0 Å². The van der Waals surface area contributed by atoms with Crippen LogP contribution in [0.4, 0.5) is 5.69 Å². The van der Waals surface area contributed by atoms with Crippen molar-refractivity contribution in [1.29, 1.82) is 0 Å². The molecule has 0 aromatic carbocycles. The van der Waals surface area contributed by atoms with Crippen molar-refractivity contribution < 1.29 is 4.79 Å². The summed E-state index contributed by atoms with van der Waals surface area (Å²) in [6.07, 6.45) is 6.93. The van der Waals surface area contributed by atoms with Crippen LogP contribution in [0.15, 0.2) is 24.7 Å². The second kappa shape index (κ2) is 7.59. The standard InChI is InChI=1S/C16H23N5OS/c1-6-20(14-7-8-17-18-9-14)16(22)15-10-19-21(12(15)3)11(2)13(4)23-5/h7-11,13H,6H2,1-5H3. The molecule has 0 bridgehead atoms. The first kappa shape index (κ1) is 17.5. The van der Waals surface area contributed by atoms with Crippen LogP contribution in [0.3, 0.4) is 0 Å². The van der Waals surface area contributed by atoms with Crippen molar-refractivity contribution in [3.05, 3.63) is 35.9 Å². The summed E-state index contributed by atoms with van der Waals surface area (Å²) in [5.41, 5.74) is 2.26. The third-order valence-electron chi connectivity index (χ3n) is 4.15. The summed E-state index contributed by atoms with van der Waals surface area (Å²) in [4.78, 5) is 14.6. The fraction of sp³-hybridized carbons (Fsp3) is 0.500. The van der Waals surface area contributed by atoms with Crippen LogP contribution in [-0.4, -0.2) is 43.9 Å². The van der Waals surface area contributed by atoms with Crippen LogP contribution in [0.25, 0.3) is 0 Å². The molecule has 7 heteroatoms. The average Bonchev–Trinajstić information content (AvgIpc) is 2.96. The maximum absolute atomic E-state index is 12.9. The van der Waals surface area contributed by atoms with Gasteiger partial charge in [0.05, 0.1) is 35.9 Å². The number of anilines is 1. The lowest BCUT2D eigenvalue weighted by Crippen LogP contribution is -2.31. The number of hydrogen-bond donors (Lipinski definition) is 0. The molecule has 2 aromatic rings. The number of thioether (sulfide) groups is 1. The largest absolute Gasteiger partial charge is 0.307 e. The van der Waals surface area contributed by atoms with Crippen LogP contribution in [0, 0.1) is 6.92 Å². The van der Waals surface area contributed by atoms with Gasteiger partial charge in [0.25, 0.3) is 5.91 Å². The van der Waals surface area contributed by atoms with Gasteiger partial charge in [0.15, 0.2) is 0 Å². The molecule has 2 heterocycles. The highest BCUT2D eigenvalue weighted by molar-refractivity contribution is 7.99. The van der Waals surface area contributed by atoms with Crippen molar-refractivity contribution >= 4 is 23.4 Å². The first-order chi connectivity index (χ1) is 11.0. The summed E-state index contributed by atoms with van der Waals surface area (Å²) in [6.45, 7) is 8.74. The normalized spacial score (nSPS) is 13.6. The van der Waals surface area contributed by atoms with Gasteiger partial charge in [0.2, 0.25) is 0 Å². The topological polar surface area (TPSA) is 63.9 Å². The Balaban J connectivity index is 2.31. The Morgan fingerprint density at radius 2 is 2.09 bits per heavy atom. The average molecular weight is 333 g/mol. The summed E-state index contributed by atoms with van der Waals surface area (Å²) in [5.74, 6) is -0.0618. The lowest BCUT2D eigenvalue weighted by atomic mass is 10.2. The van der Waals surface area contributed by atoms with Crippen LogP contribution in [-0.2, 0) is 0 Å². The van der Waals surface area contributed by atoms with Gasteiger partial charge in [-0.05, 0) is 33.1 Å². The highest BCUT2D eigenvalue weighted by Gasteiger charge is 2.24. The van der Waals surface area contributed by atoms with Crippen LogP contribution >= 0.6 is 11.8 Å². The molecule has 1 amide bonds. The van der Waals surface area contributed by atoms with Gasteiger partial charge in [-0.3, -0.25) is 9.48 Å². The number of carbonyl (C=O) groups is 1. The minimum absolute atomic E-state index is 0.0618. The van der Waals surface area contributed by atoms with E-state index >= 15 is 0 Å². The summed E-state index contributed by atoms with van der Waals surface area (Å²) in [7, 11) is 0. The van der Waals surface area contributed by atoms with Gasteiger partial charge in [-0.25, -0.2) is 0 Å². The highest BCUT2D eigenvalue weighted by Crippen LogP contribution is 2.24. The molecule has 2 atom stereocenters. The molecule has 0 saturated heterocycles. The number of rotatable bonds is 6.